The summed E-state index contributed by atoms with van der Waals surface area (Å²) in [6.07, 6.45) is 0.469. The van der Waals surface area contributed by atoms with E-state index in [-0.39, 0.29) is 5.56 Å². The topological polar surface area (TPSA) is 54.3 Å². The minimum absolute atomic E-state index is 0.0757. The molecule has 0 spiro atoms. The number of hydrogen-bond donors (Lipinski definition) is 2. The van der Waals surface area contributed by atoms with Crippen LogP contribution in [0, 0.1) is 0 Å². The van der Waals surface area contributed by atoms with Crippen LogP contribution in [0.4, 0.5) is 0 Å². The van der Waals surface area contributed by atoms with Crippen LogP contribution >= 0.6 is 0 Å². The summed E-state index contributed by atoms with van der Waals surface area (Å²) in [7, 11) is 0. The zero-order valence-electron chi connectivity index (χ0n) is 11.2. The van der Waals surface area contributed by atoms with E-state index in [1.807, 2.05) is 30.3 Å². The number of para-hydroxylation sites is 1. The summed E-state index contributed by atoms with van der Waals surface area (Å²) < 4.78 is 1.63. The van der Waals surface area contributed by atoms with Crippen LogP contribution in [-0.4, -0.2) is 28.9 Å². The number of fused-ring (bicyclic) bond motifs is 1. The number of hydrogen-bond acceptors (Lipinski definition) is 3. The van der Waals surface area contributed by atoms with Crippen molar-refractivity contribution in [1.82, 2.24) is 9.88 Å². The van der Waals surface area contributed by atoms with Gasteiger partial charge in [0.1, 0.15) is 0 Å². The summed E-state index contributed by atoms with van der Waals surface area (Å²) in [6.45, 7) is 3.77. The molecule has 2 aromatic rings. The molecule has 2 N–H and O–H groups in total. The van der Waals surface area contributed by atoms with Crippen LogP contribution in [0.2, 0.25) is 0 Å². The molecule has 0 fully saturated rings. The van der Waals surface area contributed by atoms with Crippen LogP contribution in [0.25, 0.3) is 10.9 Å². The zero-order chi connectivity index (χ0) is 13.7. The lowest BCUT2D eigenvalue weighted by Gasteiger charge is -2.15. The molecule has 0 aliphatic rings. The van der Waals surface area contributed by atoms with Gasteiger partial charge in [-0.3, -0.25) is 4.79 Å². The highest BCUT2D eigenvalue weighted by Crippen LogP contribution is 2.11. The van der Waals surface area contributed by atoms with Crippen molar-refractivity contribution in [2.24, 2.45) is 0 Å². The van der Waals surface area contributed by atoms with Crippen LogP contribution in [0.5, 0.6) is 0 Å². The molecule has 4 heteroatoms. The molecule has 102 valence electrons. The molecule has 19 heavy (non-hydrogen) atoms. The Morgan fingerprint density at radius 2 is 2.05 bits per heavy atom. The van der Waals surface area contributed by atoms with E-state index in [0.29, 0.717) is 13.1 Å². The number of nitrogens with one attached hydrogen (secondary N) is 1. The van der Waals surface area contributed by atoms with Crippen LogP contribution < -0.4 is 10.9 Å². The molecular formula is C15H20N2O2. The van der Waals surface area contributed by atoms with E-state index < -0.39 is 6.10 Å². The van der Waals surface area contributed by atoms with E-state index in [0.717, 1.165) is 23.9 Å². The van der Waals surface area contributed by atoms with Crippen LogP contribution in [0.3, 0.4) is 0 Å². The van der Waals surface area contributed by atoms with Crippen molar-refractivity contribution in [2.45, 2.75) is 26.0 Å². The Kier molecular flexibility index (Phi) is 4.71. The highest BCUT2D eigenvalue weighted by molar-refractivity contribution is 5.78. The summed E-state index contributed by atoms with van der Waals surface area (Å²) in [5, 5.41) is 14.2. The van der Waals surface area contributed by atoms with Gasteiger partial charge >= 0.3 is 0 Å². The molecular weight excluding hydrogens is 240 g/mol. The first-order valence-corrected chi connectivity index (χ1v) is 6.69. The van der Waals surface area contributed by atoms with E-state index >= 15 is 0 Å². The second-order valence-corrected chi connectivity index (χ2v) is 4.70. The zero-order valence-corrected chi connectivity index (χ0v) is 11.2. The molecule has 0 saturated carbocycles. The lowest BCUT2D eigenvalue weighted by atomic mass is 10.2. The molecule has 0 aliphatic heterocycles. The Balaban J connectivity index is 2.19. The summed E-state index contributed by atoms with van der Waals surface area (Å²) in [6, 6.07) is 11.1. The van der Waals surface area contributed by atoms with Gasteiger partial charge in [0.2, 0.25) is 0 Å². The minimum Gasteiger partial charge on any atom is -0.390 e. The van der Waals surface area contributed by atoms with Gasteiger partial charge in [-0.1, -0.05) is 25.1 Å². The molecule has 1 unspecified atom stereocenters. The third-order valence-electron chi connectivity index (χ3n) is 3.10. The van der Waals surface area contributed by atoms with Crippen molar-refractivity contribution in [2.75, 3.05) is 13.1 Å². The van der Waals surface area contributed by atoms with Gasteiger partial charge in [0.05, 0.1) is 18.2 Å². The average molecular weight is 260 g/mol. The number of aliphatic hydroxyl groups is 1. The lowest BCUT2D eigenvalue weighted by molar-refractivity contribution is 0.152. The first-order chi connectivity index (χ1) is 9.22. The average Bonchev–Trinajstić information content (AvgIpc) is 2.42. The van der Waals surface area contributed by atoms with E-state index in [1.54, 1.807) is 10.6 Å². The fourth-order valence-electron chi connectivity index (χ4n) is 2.15. The Morgan fingerprint density at radius 3 is 2.84 bits per heavy atom. The molecule has 1 aromatic heterocycles. The third-order valence-corrected chi connectivity index (χ3v) is 3.10. The molecule has 0 aliphatic carbocycles. The van der Waals surface area contributed by atoms with Crippen LogP contribution in [-0.2, 0) is 6.54 Å². The molecule has 1 atom stereocenters. The molecule has 0 saturated heterocycles. The maximum atomic E-state index is 11.9. The second-order valence-electron chi connectivity index (χ2n) is 4.70. The smallest absolute Gasteiger partial charge is 0.251 e. The van der Waals surface area contributed by atoms with E-state index in [1.165, 1.54) is 0 Å². The monoisotopic (exact) mass is 260 g/mol. The molecule has 2 rings (SSSR count). The third kappa shape index (κ3) is 3.43. The molecule has 0 bridgehead atoms. The predicted molar refractivity (Wildman–Crippen MR) is 77.4 cm³/mol. The van der Waals surface area contributed by atoms with Crippen molar-refractivity contribution in [3.05, 3.63) is 46.8 Å². The SMILES string of the molecule is CCCNCC(O)Cn1c(=O)ccc2ccccc21. The van der Waals surface area contributed by atoms with Gasteiger partial charge in [0.15, 0.2) is 0 Å². The van der Waals surface area contributed by atoms with Gasteiger partial charge in [-0.05, 0) is 30.5 Å². The lowest BCUT2D eigenvalue weighted by Crippen LogP contribution is -2.34. The first-order valence-electron chi connectivity index (χ1n) is 6.69. The fourth-order valence-corrected chi connectivity index (χ4v) is 2.15. The Bertz CT molecular complexity index is 592. The number of pyridine rings is 1. The summed E-state index contributed by atoms with van der Waals surface area (Å²) in [5.74, 6) is 0. The van der Waals surface area contributed by atoms with E-state index in [4.69, 9.17) is 0 Å². The highest BCUT2D eigenvalue weighted by atomic mass is 16.3. The van der Waals surface area contributed by atoms with E-state index in [9.17, 15) is 9.90 Å². The number of aromatic nitrogens is 1. The number of benzene rings is 1. The molecule has 1 heterocycles. The standard InChI is InChI=1S/C15H20N2O2/c1-2-9-16-10-13(18)11-17-14-6-4-3-5-12(14)7-8-15(17)19/h3-8,13,16,18H,2,9-11H2,1H3. The van der Waals surface area contributed by atoms with Gasteiger partial charge in [-0.25, -0.2) is 0 Å². The normalized spacial score (nSPS) is 12.7. The molecule has 0 amide bonds. The van der Waals surface area contributed by atoms with Crippen molar-refractivity contribution in [3.8, 4) is 0 Å². The number of rotatable bonds is 6. The Morgan fingerprint density at radius 1 is 1.26 bits per heavy atom. The van der Waals surface area contributed by atoms with Gasteiger partial charge in [0.25, 0.3) is 5.56 Å². The maximum absolute atomic E-state index is 11.9. The maximum Gasteiger partial charge on any atom is 0.251 e. The Labute approximate surface area is 112 Å². The largest absolute Gasteiger partial charge is 0.390 e. The summed E-state index contributed by atoms with van der Waals surface area (Å²) >= 11 is 0. The van der Waals surface area contributed by atoms with Gasteiger partial charge in [0, 0.05) is 12.6 Å². The number of nitrogens with zero attached hydrogens (tertiary/aromatic N) is 1. The first kappa shape index (κ1) is 13.8. The van der Waals surface area contributed by atoms with E-state index in [2.05, 4.69) is 12.2 Å². The molecule has 4 nitrogen and oxygen atoms in total. The van der Waals surface area contributed by atoms with Crippen LogP contribution in [0.15, 0.2) is 41.2 Å². The van der Waals surface area contributed by atoms with Gasteiger partial charge in [-0.15, -0.1) is 0 Å². The predicted octanol–water partition coefficient (Wildman–Crippen LogP) is 1.36. The van der Waals surface area contributed by atoms with Crippen molar-refractivity contribution < 1.29 is 5.11 Å². The van der Waals surface area contributed by atoms with Crippen molar-refractivity contribution in [1.29, 1.82) is 0 Å². The fraction of sp³-hybridized carbons (Fsp3) is 0.400. The van der Waals surface area contributed by atoms with Gasteiger partial charge in [-0.2, -0.15) is 0 Å². The van der Waals surface area contributed by atoms with Crippen LogP contribution in [0.1, 0.15) is 13.3 Å². The highest BCUT2D eigenvalue weighted by Gasteiger charge is 2.08. The van der Waals surface area contributed by atoms with Crippen molar-refractivity contribution in [3.63, 3.8) is 0 Å². The van der Waals surface area contributed by atoms with Crippen molar-refractivity contribution >= 4 is 10.9 Å². The summed E-state index contributed by atoms with van der Waals surface area (Å²) in [5.41, 5.74) is 0.790. The summed E-state index contributed by atoms with van der Waals surface area (Å²) in [4.78, 5) is 11.9. The second kappa shape index (κ2) is 6.50. The quantitative estimate of drug-likeness (QED) is 0.771. The molecule has 0 radical (unpaired) electrons. The minimum atomic E-state index is -0.560. The number of aliphatic hydroxyl groups excluding tert-OH is 1. The Hall–Kier alpha value is -1.65. The van der Waals surface area contributed by atoms with Gasteiger partial charge < -0.3 is 15.0 Å². The molecule has 1 aromatic carbocycles.